The maximum absolute atomic E-state index is 5.56. The number of nitrogens with zero attached hydrogens (tertiary/aromatic N) is 1. The number of hydrogen-bond donors (Lipinski definition) is 1. The van der Waals surface area contributed by atoms with Gasteiger partial charge in [-0.1, -0.05) is 15.9 Å². The van der Waals surface area contributed by atoms with Crippen LogP contribution in [0.1, 0.15) is 5.56 Å². The van der Waals surface area contributed by atoms with Crippen molar-refractivity contribution < 1.29 is 9.47 Å². The van der Waals surface area contributed by atoms with Crippen LogP contribution in [0.3, 0.4) is 0 Å². The third-order valence-corrected chi connectivity index (χ3v) is 3.90. The third kappa shape index (κ3) is 3.92. The summed E-state index contributed by atoms with van der Waals surface area (Å²) in [5, 5.41) is 3.23. The Labute approximate surface area is 123 Å². The first-order valence-electron chi connectivity index (χ1n) is 6.53. The number of hydrogen-bond acceptors (Lipinski definition) is 4. The minimum absolute atomic E-state index is 0.419. The molecule has 1 saturated heterocycles. The van der Waals surface area contributed by atoms with Crippen molar-refractivity contribution in [3.05, 3.63) is 28.2 Å². The highest BCUT2D eigenvalue weighted by Crippen LogP contribution is 2.25. The topological polar surface area (TPSA) is 33.7 Å². The van der Waals surface area contributed by atoms with Crippen LogP contribution in [0, 0.1) is 0 Å². The van der Waals surface area contributed by atoms with Gasteiger partial charge < -0.3 is 14.8 Å². The lowest BCUT2D eigenvalue weighted by molar-refractivity contribution is -0.0106. The van der Waals surface area contributed by atoms with Crippen molar-refractivity contribution in [2.45, 2.75) is 12.6 Å². The van der Waals surface area contributed by atoms with E-state index in [1.54, 1.807) is 7.11 Å². The lowest BCUT2D eigenvalue weighted by Gasteiger charge is -2.35. The first kappa shape index (κ1) is 14.8. The lowest BCUT2D eigenvalue weighted by atomic mass is 10.1. The Balaban J connectivity index is 2.11. The summed E-state index contributed by atoms with van der Waals surface area (Å²) in [5.74, 6) is 0.942. The molecule has 1 heterocycles. The number of morpholine rings is 1. The van der Waals surface area contributed by atoms with E-state index in [2.05, 4.69) is 32.2 Å². The van der Waals surface area contributed by atoms with E-state index in [1.807, 2.05) is 19.2 Å². The van der Waals surface area contributed by atoms with Crippen LogP contribution in [0.25, 0.3) is 0 Å². The van der Waals surface area contributed by atoms with Gasteiger partial charge in [-0.25, -0.2) is 0 Å². The van der Waals surface area contributed by atoms with E-state index in [0.29, 0.717) is 6.04 Å². The molecule has 1 N–H and O–H groups in total. The van der Waals surface area contributed by atoms with E-state index in [4.69, 9.17) is 9.47 Å². The average Bonchev–Trinajstić information content (AvgIpc) is 2.42. The van der Waals surface area contributed by atoms with Gasteiger partial charge in [-0.05, 0) is 25.2 Å². The van der Waals surface area contributed by atoms with Gasteiger partial charge in [-0.15, -0.1) is 0 Å². The number of benzene rings is 1. The van der Waals surface area contributed by atoms with Gasteiger partial charge in [0.1, 0.15) is 5.75 Å². The monoisotopic (exact) mass is 328 g/mol. The molecule has 0 aromatic heterocycles. The first-order chi connectivity index (χ1) is 9.24. The van der Waals surface area contributed by atoms with E-state index in [0.717, 1.165) is 43.1 Å². The van der Waals surface area contributed by atoms with Crippen molar-refractivity contribution >= 4 is 15.9 Å². The highest BCUT2D eigenvalue weighted by atomic mass is 79.9. The van der Waals surface area contributed by atoms with E-state index >= 15 is 0 Å². The smallest absolute Gasteiger partial charge is 0.123 e. The number of halogens is 1. The summed E-state index contributed by atoms with van der Waals surface area (Å²) in [7, 11) is 3.70. The zero-order chi connectivity index (χ0) is 13.7. The Kier molecular flexibility index (Phi) is 5.63. The van der Waals surface area contributed by atoms with E-state index in [9.17, 15) is 0 Å². The summed E-state index contributed by atoms with van der Waals surface area (Å²) in [4.78, 5) is 2.45. The second-order valence-corrected chi connectivity index (χ2v) is 5.63. The van der Waals surface area contributed by atoms with Gasteiger partial charge in [0.15, 0.2) is 0 Å². The largest absolute Gasteiger partial charge is 0.496 e. The molecule has 0 amide bonds. The predicted octanol–water partition coefficient (Wildman–Crippen LogP) is 1.88. The fourth-order valence-electron chi connectivity index (χ4n) is 2.41. The number of likely N-dealkylation sites (N-methyl/N-ethyl adjacent to an activating group) is 1. The molecule has 1 fully saturated rings. The van der Waals surface area contributed by atoms with Crippen LogP contribution in [-0.4, -0.2) is 51.4 Å². The molecule has 1 aromatic rings. The van der Waals surface area contributed by atoms with Gasteiger partial charge in [-0.3, -0.25) is 4.90 Å². The van der Waals surface area contributed by atoms with E-state index < -0.39 is 0 Å². The Morgan fingerprint density at radius 3 is 3.11 bits per heavy atom. The van der Waals surface area contributed by atoms with Crippen molar-refractivity contribution in [2.75, 3.05) is 40.5 Å². The Hall–Kier alpha value is -0.620. The third-order valence-electron chi connectivity index (χ3n) is 3.41. The molecular formula is C14H21BrN2O2. The molecule has 106 valence electrons. The van der Waals surface area contributed by atoms with Crippen LogP contribution in [0.2, 0.25) is 0 Å². The van der Waals surface area contributed by atoms with Crippen LogP contribution in [0.15, 0.2) is 22.7 Å². The van der Waals surface area contributed by atoms with Crippen molar-refractivity contribution in [2.24, 2.45) is 0 Å². The number of nitrogens with one attached hydrogen (secondary N) is 1. The molecule has 1 aliphatic rings. The van der Waals surface area contributed by atoms with E-state index in [1.165, 1.54) is 5.56 Å². The van der Waals surface area contributed by atoms with Crippen molar-refractivity contribution in [1.29, 1.82) is 0 Å². The fraction of sp³-hybridized carbons (Fsp3) is 0.571. The molecular weight excluding hydrogens is 308 g/mol. The SMILES string of the molecule is CNCC1COCCN1Cc1cc(Br)ccc1OC. The molecule has 1 aromatic carbocycles. The van der Waals surface area contributed by atoms with Crippen LogP contribution >= 0.6 is 15.9 Å². The van der Waals surface area contributed by atoms with Crippen LogP contribution in [0.5, 0.6) is 5.75 Å². The van der Waals surface area contributed by atoms with Crippen LogP contribution in [-0.2, 0) is 11.3 Å². The standard InChI is InChI=1S/C14H21BrN2O2/c1-16-8-13-10-19-6-5-17(13)9-11-7-12(15)3-4-14(11)18-2/h3-4,7,13,16H,5-6,8-10H2,1-2H3. The minimum atomic E-state index is 0.419. The molecule has 0 radical (unpaired) electrons. The van der Waals surface area contributed by atoms with E-state index in [-0.39, 0.29) is 0 Å². The molecule has 0 saturated carbocycles. The summed E-state index contributed by atoms with van der Waals surface area (Å²) >= 11 is 3.53. The van der Waals surface area contributed by atoms with Gasteiger partial charge >= 0.3 is 0 Å². The number of ether oxygens (including phenoxy) is 2. The molecule has 4 nitrogen and oxygen atoms in total. The maximum Gasteiger partial charge on any atom is 0.123 e. The highest BCUT2D eigenvalue weighted by molar-refractivity contribution is 9.10. The van der Waals surface area contributed by atoms with Gasteiger partial charge in [0.25, 0.3) is 0 Å². The zero-order valence-corrected chi connectivity index (χ0v) is 13.1. The molecule has 5 heteroatoms. The fourth-order valence-corrected chi connectivity index (χ4v) is 2.82. The summed E-state index contributed by atoms with van der Waals surface area (Å²) in [5.41, 5.74) is 1.21. The minimum Gasteiger partial charge on any atom is -0.496 e. The molecule has 1 atom stereocenters. The number of rotatable bonds is 5. The highest BCUT2D eigenvalue weighted by Gasteiger charge is 2.23. The number of methoxy groups -OCH3 is 1. The zero-order valence-electron chi connectivity index (χ0n) is 11.5. The van der Waals surface area contributed by atoms with Gasteiger partial charge in [0.05, 0.1) is 20.3 Å². The predicted molar refractivity (Wildman–Crippen MR) is 79.6 cm³/mol. The average molecular weight is 329 g/mol. The molecule has 1 aliphatic heterocycles. The normalized spacial score (nSPS) is 20.5. The molecule has 19 heavy (non-hydrogen) atoms. The van der Waals surface area contributed by atoms with Crippen molar-refractivity contribution in [3.63, 3.8) is 0 Å². The second kappa shape index (κ2) is 7.24. The summed E-state index contributed by atoms with van der Waals surface area (Å²) in [6.07, 6.45) is 0. The lowest BCUT2D eigenvalue weighted by Crippen LogP contribution is -2.49. The van der Waals surface area contributed by atoms with Crippen LogP contribution < -0.4 is 10.1 Å². The van der Waals surface area contributed by atoms with Crippen LogP contribution in [0.4, 0.5) is 0 Å². The molecule has 0 bridgehead atoms. The van der Waals surface area contributed by atoms with Crippen molar-refractivity contribution in [3.8, 4) is 5.75 Å². The maximum atomic E-state index is 5.56. The van der Waals surface area contributed by atoms with Gasteiger partial charge in [0.2, 0.25) is 0 Å². The molecule has 1 unspecified atom stereocenters. The molecule has 0 spiro atoms. The Bertz CT molecular complexity index is 412. The quantitative estimate of drug-likeness (QED) is 0.894. The Morgan fingerprint density at radius 2 is 2.37 bits per heavy atom. The second-order valence-electron chi connectivity index (χ2n) is 4.71. The summed E-state index contributed by atoms with van der Waals surface area (Å²) < 4.78 is 12.1. The van der Waals surface area contributed by atoms with Gasteiger partial charge in [0, 0.05) is 35.7 Å². The molecule has 0 aliphatic carbocycles. The van der Waals surface area contributed by atoms with Gasteiger partial charge in [-0.2, -0.15) is 0 Å². The van der Waals surface area contributed by atoms with Crippen molar-refractivity contribution in [1.82, 2.24) is 10.2 Å². The summed E-state index contributed by atoms with van der Waals surface area (Å²) in [6, 6.07) is 6.56. The molecule has 2 rings (SSSR count). The Morgan fingerprint density at radius 1 is 1.53 bits per heavy atom. The summed E-state index contributed by atoms with van der Waals surface area (Å²) in [6.45, 7) is 4.38. The first-order valence-corrected chi connectivity index (χ1v) is 7.32.